The molecule has 0 saturated carbocycles. The topological polar surface area (TPSA) is 48.1 Å². The van der Waals surface area contributed by atoms with Gasteiger partial charge in [0.25, 0.3) is 0 Å². The highest BCUT2D eigenvalue weighted by molar-refractivity contribution is 5.25. The molecule has 0 fully saturated rings. The highest BCUT2D eigenvalue weighted by Crippen LogP contribution is 2.28. The van der Waals surface area contributed by atoms with E-state index in [1.165, 1.54) is 25.6 Å². The second-order valence-electron chi connectivity index (χ2n) is 3.08. The maximum atomic E-state index is 12.0. The van der Waals surface area contributed by atoms with Crippen LogP contribution in [0.4, 0.5) is 13.2 Å². The van der Waals surface area contributed by atoms with Gasteiger partial charge in [0, 0.05) is 12.2 Å². The van der Waals surface area contributed by atoms with E-state index >= 15 is 0 Å². The van der Waals surface area contributed by atoms with Crippen LogP contribution in [0.15, 0.2) is 18.5 Å². The standard InChI is InChI=1S/C9H11F3N2O/c1-15-7-2-6(4-14-5-7)8(13)3-9(10,11)12/h2,4-5,8H,3,13H2,1H3. The zero-order valence-corrected chi connectivity index (χ0v) is 8.08. The molecule has 1 rings (SSSR count). The normalized spacial score (nSPS) is 13.7. The summed E-state index contributed by atoms with van der Waals surface area (Å²) in [4.78, 5) is 3.73. The second kappa shape index (κ2) is 4.48. The minimum atomic E-state index is -4.28. The minimum Gasteiger partial charge on any atom is -0.495 e. The van der Waals surface area contributed by atoms with Gasteiger partial charge in [0.2, 0.25) is 0 Å². The average Bonchev–Trinajstić information content (AvgIpc) is 2.15. The Kier molecular flexibility index (Phi) is 3.52. The van der Waals surface area contributed by atoms with Crippen molar-refractivity contribution in [3.05, 3.63) is 24.0 Å². The molecular formula is C9H11F3N2O. The van der Waals surface area contributed by atoms with Crippen molar-refractivity contribution < 1.29 is 17.9 Å². The Morgan fingerprint density at radius 2 is 2.13 bits per heavy atom. The molecule has 1 unspecified atom stereocenters. The SMILES string of the molecule is COc1cncc(C(N)CC(F)(F)F)c1. The summed E-state index contributed by atoms with van der Waals surface area (Å²) in [5.74, 6) is 0.394. The Labute approximate surface area is 85.1 Å². The summed E-state index contributed by atoms with van der Waals surface area (Å²) in [6.07, 6.45) is -2.63. The number of aromatic nitrogens is 1. The third-order valence-electron chi connectivity index (χ3n) is 1.85. The Morgan fingerprint density at radius 1 is 1.47 bits per heavy atom. The van der Waals surface area contributed by atoms with Gasteiger partial charge in [-0.2, -0.15) is 13.2 Å². The molecule has 0 aliphatic carbocycles. The second-order valence-corrected chi connectivity index (χ2v) is 3.08. The van der Waals surface area contributed by atoms with Gasteiger partial charge < -0.3 is 10.5 Å². The van der Waals surface area contributed by atoms with Crippen molar-refractivity contribution in [3.63, 3.8) is 0 Å². The molecule has 1 aromatic rings. The summed E-state index contributed by atoms with van der Waals surface area (Å²) in [7, 11) is 1.41. The number of pyridine rings is 1. The smallest absolute Gasteiger partial charge is 0.390 e. The molecule has 3 nitrogen and oxygen atoms in total. The number of rotatable bonds is 3. The van der Waals surface area contributed by atoms with Crippen molar-refractivity contribution in [2.45, 2.75) is 18.6 Å². The van der Waals surface area contributed by atoms with Crippen molar-refractivity contribution in [2.24, 2.45) is 5.73 Å². The van der Waals surface area contributed by atoms with E-state index in [0.29, 0.717) is 11.3 Å². The Balaban J connectivity index is 2.77. The van der Waals surface area contributed by atoms with Gasteiger partial charge in [-0.05, 0) is 11.6 Å². The first-order valence-corrected chi connectivity index (χ1v) is 4.23. The number of halogens is 3. The van der Waals surface area contributed by atoms with Crippen LogP contribution in [0.5, 0.6) is 5.75 Å². The molecule has 0 aliphatic heterocycles. The van der Waals surface area contributed by atoms with E-state index < -0.39 is 18.6 Å². The Morgan fingerprint density at radius 3 is 2.67 bits per heavy atom. The number of alkyl halides is 3. The average molecular weight is 220 g/mol. The molecule has 0 saturated heterocycles. The van der Waals surface area contributed by atoms with Crippen molar-refractivity contribution in [1.29, 1.82) is 0 Å². The Hall–Kier alpha value is -1.30. The van der Waals surface area contributed by atoms with Gasteiger partial charge in [-0.15, -0.1) is 0 Å². The fraction of sp³-hybridized carbons (Fsp3) is 0.444. The summed E-state index contributed by atoms with van der Waals surface area (Å²) in [5, 5.41) is 0. The van der Waals surface area contributed by atoms with Crippen LogP contribution in [0.25, 0.3) is 0 Å². The molecule has 0 spiro atoms. The molecule has 6 heteroatoms. The quantitative estimate of drug-likeness (QED) is 0.847. The molecule has 0 amide bonds. The summed E-state index contributed by atoms with van der Waals surface area (Å²) >= 11 is 0. The molecule has 0 aromatic carbocycles. The van der Waals surface area contributed by atoms with Crippen LogP contribution >= 0.6 is 0 Å². The van der Waals surface area contributed by atoms with Gasteiger partial charge in [-0.1, -0.05) is 0 Å². The summed E-state index contributed by atoms with van der Waals surface area (Å²) < 4.78 is 41.0. The van der Waals surface area contributed by atoms with E-state index in [-0.39, 0.29) is 0 Å². The first kappa shape index (κ1) is 11.8. The fourth-order valence-corrected chi connectivity index (χ4v) is 1.12. The van der Waals surface area contributed by atoms with Crippen molar-refractivity contribution in [3.8, 4) is 5.75 Å². The van der Waals surface area contributed by atoms with Crippen molar-refractivity contribution in [1.82, 2.24) is 4.98 Å². The molecule has 2 N–H and O–H groups in total. The van der Waals surface area contributed by atoms with Crippen LogP contribution in [-0.4, -0.2) is 18.3 Å². The highest BCUT2D eigenvalue weighted by Gasteiger charge is 2.31. The number of methoxy groups -OCH3 is 1. The Bertz CT molecular complexity index is 327. The largest absolute Gasteiger partial charge is 0.495 e. The molecular weight excluding hydrogens is 209 g/mol. The third kappa shape index (κ3) is 3.75. The highest BCUT2D eigenvalue weighted by atomic mass is 19.4. The van der Waals surface area contributed by atoms with Gasteiger partial charge in [0.05, 0.1) is 19.7 Å². The number of hydrogen-bond donors (Lipinski definition) is 1. The van der Waals surface area contributed by atoms with E-state index in [1.807, 2.05) is 0 Å². The predicted molar refractivity (Wildman–Crippen MR) is 48.4 cm³/mol. The molecule has 84 valence electrons. The zero-order valence-electron chi connectivity index (χ0n) is 8.08. The maximum absolute atomic E-state index is 12.0. The summed E-state index contributed by atoms with van der Waals surface area (Å²) in [6, 6.07) is 0.344. The molecule has 1 atom stereocenters. The van der Waals surface area contributed by atoms with Crippen molar-refractivity contribution in [2.75, 3.05) is 7.11 Å². The minimum absolute atomic E-state index is 0.312. The van der Waals surface area contributed by atoms with E-state index in [1.54, 1.807) is 0 Å². The monoisotopic (exact) mass is 220 g/mol. The van der Waals surface area contributed by atoms with Gasteiger partial charge in [-0.3, -0.25) is 4.98 Å². The maximum Gasteiger partial charge on any atom is 0.390 e. The molecule has 1 heterocycles. The summed E-state index contributed by atoms with van der Waals surface area (Å²) in [6.45, 7) is 0. The number of nitrogens with zero attached hydrogens (tertiary/aromatic N) is 1. The predicted octanol–water partition coefficient (Wildman–Crippen LogP) is 2.04. The van der Waals surface area contributed by atoms with E-state index in [2.05, 4.69) is 4.98 Å². The lowest BCUT2D eigenvalue weighted by atomic mass is 10.1. The number of nitrogens with two attached hydrogens (primary N) is 1. The van der Waals surface area contributed by atoms with E-state index in [9.17, 15) is 13.2 Å². The van der Waals surface area contributed by atoms with Gasteiger partial charge in [0.15, 0.2) is 0 Å². The summed E-state index contributed by atoms with van der Waals surface area (Å²) in [5.41, 5.74) is 5.70. The molecule has 0 bridgehead atoms. The third-order valence-corrected chi connectivity index (χ3v) is 1.85. The first-order chi connectivity index (χ1) is 6.92. The van der Waals surface area contributed by atoms with Crippen LogP contribution in [-0.2, 0) is 0 Å². The number of hydrogen-bond acceptors (Lipinski definition) is 3. The lowest BCUT2D eigenvalue weighted by Gasteiger charge is -2.14. The van der Waals surface area contributed by atoms with E-state index in [0.717, 1.165) is 0 Å². The fourth-order valence-electron chi connectivity index (χ4n) is 1.12. The van der Waals surface area contributed by atoms with Crippen LogP contribution in [0.1, 0.15) is 18.0 Å². The van der Waals surface area contributed by atoms with Crippen LogP contribution in [0.2, 0.25) is 0 Å². The number of ether oxygens (including phenoxy) is 1. The van der Waals surface area contributed by atoms with Crippen molar-refractivity contribution >= 4 is 0 Å². The first-order valence-electron chi connectivity index (χ1n) is 4.23. The molecule has 1 aromatic heterocycles. The lowest BCUT2D eigenvalue weighted by molar-refractivity contribution is -0.138. The molecule has 0 aliphatic rings. The van der Waals surface area contributed by atoms with Gasteiger partial charge >= 0.3 is 6.18 Å². The van der Waals surface area contributed by atoms with Crippen LogP contribution in [0.3, 0.4) is 0 Å². The van der Waals surface area contributed by atoms with E-state index in [4.69, 9.17) is 10.5 Å². The zero-order chi connectivity index (χ0) is 11.5. The van der Waals surface area contributed by atoms with Crippen LogP contribution < -0.4 is 10.5 Å². The van der Waals surface area contributed by atoms with Crippen LogP contribution in [0, 0.1) is 0 Å². The molecule has 0 radical (unpaired) electrons. The van der Waals surface area contributed by atoms with Gasteiger partial charge in [-0.25, -0.2) is 0 Å². The molecule has 15 heavy (non-hydrogen) atoms. The van der Waals surface area contributed by atoms with Gasteiger partial charge in [0.1, 0.15) is 5.75 Å². The lowest BCUT2D eigenvalue weighted by Crippen LogP contribution is -2.20.